The van der Waals surface area contributed by atoms with Gasteiger partial charge in [0.25, 0.3) is 0 Å². The van der Waals surface area contributed by atoms with Gasteiger partial charge in [-0.05, 0) is 31.9 Å². The highest BCUT2D eigenvalue weighted by Gasteiger charge is 2.38. The molecule has 1 unspecified atom stereocenters. The van der Waals surface area contributed by atoms with Crippen LogP contribution < -0.4 is 5.32 Å². The summed E-state index contributed by atoms with van der Waals surface area (Å²) in [5.74, 6) is -0.316. The average molecular weight is 385 g/mol. The highest BCUT2D eigenvalue weighted by Crippen LogP contribution is 2.27. The van der Waals surface area contributed by atoms with Gasteiger partial charge in [-0.3, -0.25) is 9.59 Å². The normalized spacial score (nSPS) is 20.9. The van der Waals surface area contributed by atoms with E-state index in [1.807, 2.05) is 41.5 Å². The molecule has 6 nitrogen and oxygen atoms in total. The molecule has 2 fully saturated rings. The Hall–Kier alpha value is -2.25. The number of rotatable bonds is 4. The van der Waals surface area contributed by atoms with Crippen LogP contribution in [0.2, 0.25) is 0 Å². The third kappa shape index (κ3) is 4.04. The number of likely N-dealkylation sites (tertiary alicyclic amines) is 1. The van der Waals surface area contributed by atoms with Gasteiger partial charge in [0, 0.05) is 48.9 Å². The van der Waals surface area contributed by atoms with E-state index in [1.54, 1.807) is 11.3 Å². The van der Waals surface area contributed by atoms with Gasteiger partial charge < -0.3 is 15.0 Å². The molecule has 2 aromatic rings. The van der Waals surface area contributed by atoms with Crippen molar-refractivity contribution in [3.05, 3.63) is 34.7 Å². The van der Waals surface area contributed by atoms with Crippen molar-refractivity contribution in [1.82, 2.24) is 9.88 Å². The van der Waals surface area contributed by atoms with Crippen molar-refractivity contribution in [2.75, 3.05) is 25.1 Å². The number of amides is 2. The van der Waals surface area contributed by atoms with Crippen molar-refractivity contribution < 1.29 is 14.3 Å². The van der Waals surface area contributed by atoms with Gasteiger partial charge >= 0.3 is 0 Å². The highest BCUT2D eigenvalue weighted by atomic mass is 32.1. The number of benzene rings is 1. The van der Waals surface area contributed by atoms with E-state index in [1.165, 1.54) is 0 Å². The molecule has 0 radical (unpaired) electrons. The van der Waals surface area contributed by atoms with E-state index in [0.717, 1.165) is 34.8 Å². The van der Waals surface area contributed by atoms with Crippen LogP contribution in [0.15, 0.2) is 29.6 Å². The molecule has 2 saturated heterocycles. The quantitative estimate of drug-likeness (QED) is 0.878. The van der Waals surface area contributed by atoms with Crippen molar-refractivity contribution in [3.63, 3.8) is 0 Å². The van der Waals surface area contributed by atoms with Crippen LogP contribution in [0.25, 0.3) is 11.3 Å². The molecule has 1 aromatic carbocycles. The Balaban J connectivity index is 1.41. The summed E-state index contributed by atoms with van der Waals surface area (Å²) in [5.41, 5.74) is 2.62. The molecule has 2 amide bonds. The Morgan fingerprint density at radius 1 is 1.33 bits per heavy atom. The molecule has 1 N–H and O–H groups in total. The second kappa shape index (κ2) is 7.78. The largest absolute Gasteiger partial charge is 0.381 e. The number of aryl methyl sites for hydroxylation is 1. The first-order valence-electron chi connectivity index (χ1n) is 9.31. The van der Waals surface area contributed by atoms with E-state index in [2.05, 4.69) is 10.3 Å². The molecule has 1 atom stereocenters. The van der Waals surface area contributed by atoms with Gasteiger partial charge in [-0.2, -0.15) is 0 Å². The van der Waals surface area contributed by atoms with Gasteiger partial charge in [0.05, 0.1) is 16.6 Å². The van der Waals surface area contributed by atoms with Crippen molar-refractivity contribution in [2.45, 2.75) is 32.2 Å². The standard InChI is InChI=1S/C20H23N3O3S/c1-13-21-18(12-27-13)14-3-2-4-16(9-14)22-20(25)15-10-19(24)23(11-15)17-5-7-26-8-6-17/h2-4,9,12,15,17H,5-8,10-11H2,1H3,(H,22,25). The minimum atomic E-state index is -0.300. The van der Waals surface area contributed by atoms with Crippen molar-refractivity contribution in [3.8, 4) is 11.3 Å². The predicted octanol–water partition coefficient (Wildman–Crippen LogP) is 3.08. The SMILES string of the molecule is Cc1nc(-c2cccc(NC(=O)C3CC(=O)N(C4CCOCC4)C3)c2)cs1. The van der Waals surface area contributed by atoms with E-state index in [0.29, 0.717) is 19.8 Å². The summed E-state index contributed by atoms with van der Waals surface area (Å²) in [6.45, 7) is 3.85. The molecular formula is C20H23N3O3S. The second-order valence-electron chi connectivity index (χ2n) is 7.11. The number of ether oxygens (including phenoxy) is 1. The third-order valence-corrected chi connectivity index (χ3v) is 5.98. The highest BCUT2D eigenvalue weighted by molar-refractivity contribution is 7.09. The summed E-state index contributed by atoms with van der Waals surface area (Å²) in [6.07, 6.45) is 2.00. The number of carbonyl (C=O) groups excluding carboxylic acids is 2. The van der Waals surface area contributed by atoms with Crippen LogP contribution in [0.5, 0.6) is 0 Å². The molecule has 27 heavy (non-hydrogen) atoms. The summed E-state index contributed by atoms with van der Waals surface area (Å²) >= 11 is 1.60. The lowest BCUT2D eigenvalue weighted by Crippen LogP contribution is -2.41. The van der Waals surface area contributed by atoms with Crippen LogP contribution in [0.1, 0.15) is 24.3 Å². The molecule has 2 aliphatic heterocycles. The maximum absolute atomic E-state index is 12.7. The Morgan fingerprint density at radius 3 is 2.89 bits per heavy atom. The van der Waals surface area contributed by atoms with Crippen LogP contribution in [0.3, 0.4) is 0 Å². The zero-order valence-corrected chi connectivity index (χ0v) is 16.1. The summed E-state index contributed by atoms with van der Waals surface area (Å²) in [4.78, 5) is 31.5. The van der Waals surface area contributed by atoms with E-state index >= 15 is 0 Å². The summed E-state index contributed by atoms with van der Waals surface area (Å²) in [5, 5.41) is 6.00. The fourth-order valence-corrected chi connectivity index (χ4v) is 4.38. The Morgan fingerprint density at radius 2 is 2.15 bits per heavy atom. The van der Waals surface area contributed by atoms with Gasteiger partial charge in [0.15, 0.2) is 0 Å². The molecule has 7 heteroatoms. The van der Waals surface area contributed by atoms with Crippen LogP contribution in [-0.4, -0.2) is 47.5 Å². The lowest BCUT2D eigenvalue weighted by atomic mass is 10.1. The Labute approximate surface area is 162 Å². The number of thiazole rings is 1. The Bertz CT molecular complexity index is 845. The molecule has 0 saturated carbocycles. The summed E-state index contributed by atoms with van der Waals surface area (Å²) in [6, 6.07) is 7.90. The number of hydrogen-bond donors (Lipinski definition) is 1. The first-order chi connectivity index (χ1) is 13.1. The number of nitrogens with one attached hydrogen (secondary N) is 1. The lowest BCUT2D eigenvalue weighted by molar-refractivity contribution is -0.131. The molecule has 0 aliphatic carbocycles. The average Bonchev–Trinajstić information content (AvgIpc) is 3.29. The molecule has 2 aliphatic rings. The molecule has 0 spiro atoms. The Kier molecular flexibility index (Phi) is 5.22. The van der Waals surface area contributed by atoms with E-state index in [4.69, 9.17) is 4.74 Å². The number of nitrogens with zero attached hydrogens (tertiary/aromatic N) is 2. The molecule has 4 rings (SSSR count). The monoisotopic (exact) mass is 385 g/mol. The van der Waals surface area contributed by atoms with E-state index in [9.17, 15) is 9.59 Å². The fraction of sp³-hybridized carbons (Fsp3) is 0.450. The van der Waals surface area contributed by atoms with Crippen LogP contribution in [0, 0.1) is 12.8 Å². The van der Waals surface area contributed by atoms with Crippen molar-refractivity contribution >= 4 is 28.8 Å². The minimum Gasteiger partial charge on any atom is -0.381 e. The van der Waals surface area contributed by atoms with E-state index in [-0.39, 0.29) is 30.2 Å². The number of carbonyl (C=O) groups is 2. The van der Waals surface area contributed by atoms with Gasteiger partial charge in [-0.25, -0.2) is 4.98 Å². The topological polar surface area (TPSA) is 71.5 Å². The molecule has 3 heterocycles. The maximum Gasteiger partial charge on any atom is 0.229 e. The number of hydrogen-bond acceptors (Lipinski definition) is 5. The van der Waals surface area contributed by atoms with Gasteiger partial charge in [-0.1, -0.05) is 12.1 Å². The third-order valence-electron chi connectivity index (χ3n) is 5.21. The molecule has 142 valence electrons. The molecular weight excluding hydrogens is 362 g/mol. The van der Waals surface area contributed by atoms with Crippen LogP contribution >= 0.6 is 11.3 Å². The second-order valence-corrected chi connectivity index (χ2v) is 8.17. The predicted molar refractivity (Wildman–Crippen MR) is 105 cm³/mol. The smallest absolute Gasteiger partial charge is 0.229 e. The molecule has 1 aromatic heterocycles. The summed E-state index contributed by atoms with van der Waals surface area (Å²) < 4.78 is 5.38. The fourth-order valence-electron chi connectivity index (χ4n) is 3.75. The van der Waals surface area contributed by atoms with Gasteiger partial charge in [0.2, 0.25) is 11.8 Å². The lowest BCUT2D eigenvalue weighted by Gasteiger charge is -2.31. The zero-order chi connectivity index (χ0) is 18.8. The first-order valence-corrected chi connectivity index (χ1v) is 10.2. The van der Waals surface area contributed by atoms with Gasteiger partial charge in [-0.15, -0.1) is 11.3 Å². The van der Waals surface area contributed by atoms with Gasteiger partial charge in [0.1, 0.15) is 0 Å². The van der Waals surface area contributed by atoms with E-state index < -0.39 is 0 Å². The van der Waals surface area contributed by atoms with Crippen molar-refractivity contribution in [2.24, 2.45) is 5.92 Å². The number of anilines is 1. The first kappa shape index (κ1) is 18.1. The maximum atomic E-state index is 12.7. The zero-order valence-electron chi connectivity index (χ0n) is 15.3. The van der Waals surface area contributed by atoms with Crippen LogP contribution in [0.4, 0.5) is 5.69 Å². The molecule has 0 bridgehead atoms. The number of aromatic nitrogens is 1. The van der Waals surface area contributed by atoms with Crippen molar-refractivity contribution in [1.29, 1.82) is 0 Å². The summed E-state index contributed by atoms with van der Waals surface area (Å²) in [7, 11) is 0. The van der Waals surface area contributed by atoms with Crippen LogP contribution in [-0.2, 0) is 14.3 Å². The minimum absolute atomic E-state index is 0.0775.